The molecule has 4 aliphatic rings. The van der Waals surface area contributed by atoms with Gasteiger partial charge in [-0.2, -0.15) is 0 Å². The highest BCUT2D eigenvalue weighted by Gasteiger charge is 2.58. The van der Waals surface area contributed by atoms with Gasteiger partial charge in [-0.1, -0.05) is 82.7 Å². The Morgan fingerprint density at radius 3 is 2.26 bits per heavy atom. The highest BCUT2D eigenvalue weighted by molar-refractivity contribution is 7.91. The molecule has 6 rings (SSSR count). The molecule has 4 nitrogen and oxygen atoms in total. The van der Waals surface area contributed by atoms with Gasteiger partial charge in [-0.3, -0.25) is 0 Å². The number of allylic oxidation sites excluding steroid dienone is 4. The van der Waals surface area contributed by atoms with Gasteiger partial charge >= 0.3 is 5.97 Å². The Kier molecular flexibility index (Phi) is 7.36. The van der Waals surface area contributed by atoms with Crippen molar-refractivity contribution in [1.29, 1.82) is 0 Å². The summed E-state index contributed by atoms with van der Waals surface area (Å²) in [5.74, 6) is 0.837. The van der Waals surface area contributed by atoms with Gasteiger partial charge in [0.05, 0.1) is 16.2 Å². The Morgan fingerprint density at radius 2 is 1.57 bits per heavy atom. The predicted octanol–water partition coefficient (Wildman–Crippen LogP) is 8.60. The highest BCUT2D eigenvalue weighted by Crippen LogP contribution is 2.67. The van der Waals surface area contributed by atoms with E-state index in [0.29, 0.717) is 22.3 Å². The normalized spacial score (nSPS) is 32.7. The lowest BCUT2D eigenvalue weighted by molar-refractivity contribution is -0.0993. The fraction of sp³-hybridized carbons (Fsp3) is 0.541. The number of benzene rings is 2. The van der Waals surface area contributed by atoms with Crippen molar-refractivity contribution in [1.82, 2.24) is 0 Å². The summed E-state index contributed by atoms with van der Waals surface area (Å²) in [4.78, 5) is 13.4. The second-order valence-electron chi connectivity index (χ2n) is 14.5. The van der Waals surface area contributed by atoms with E-state index in [0.717, 1.165) is 44.9 Å². The summed E-state index contributed by atoms with van der Waals surface area (Å²) in [5.41, 5.74) is 5.32. The van der Waals surface area contributed by atoms with Crippen LogP contribution in [0.2, 0.25) is 0 Å². The zero-order valence-corrected chi connectivity index (χ0v) is 26.7. The fourth-order valence-electron chi connectivity index (χ4n) is 9.73. The number of fused-ring (bicyclic) bond motifs is 4. The van der Waals surface area contributed by atoms with Gasteiger partial charge in [0.1, 0.15) is 6.10 Å². The van der Waals surface area contributed by atoms with Crippen molar-refractivity contribution in [3.05, 3.63) is 89.0 Å². The monoisotopic (exact) mass is 586 g/mol. The molecule has 2 aromatic carbocycles. The Balaban J connectivity index is 1.22. The van der Waals surface area contributed by atoms with Crippen LogP contribution in [0.1, 0.15) is 89.9 Å². The molecule has 0 N–H and O–H groups in total. The maximum absolute atomic E-state index is 13.3. The molecule has 1 fully saturated rings. The third-order valence-electron chi connectivity index (χ3n) is 11.9. The highest BCUT2D eigenvalue weighted by atomic mass is 32.2. The summed E-state index contributed by atoms with van der Waals surface area (Å²) >= 11 is 0. The molecule has 4 aliphatic carbocycles. The molecule has 0 unspecified atom stereocenters. The summed E-state index contributed by atoms with van der Waals surface area (Å²) in [6.45, 7) is 11.7. The SMILES string of the molecule is C[C@H](CS(=O)(=O)c1ccccc1)[C@H]1CC=C2C3=C(CC[C@@]21C)[C@@]1(C)CC[C@H](OC(=O)c2ccccc2)C(C)(C)[C@@H]1CC3. The zero-order chi connectivity index (χ0) is 29.9. The van der Waals surface area contributed by atoms with E-state index < -0.39 is 9.84 Å². The van der Waals surface area contributed by atoms with Crippen molar-refractivity contribution in [2.75, 3.05) is 5.75 Å². The molecule has 5 heteroatoms. The number of carbonyl (C=O) groups excluding carboxylic acids is 1. The summed E-state index contributed by atoms with van der Waals surface area (Å²) in [6, 6.07) is 18.3. The standard InChI is InChI=1S/C37H46O4S/c1-25(24-42(39,40)27-14-10-7-11-15-27)29-17-18-30-28-16-19-32-35(2,3)33(41-34(38)26-12-8-6-9-13-26)21-23-37(32,5)31(28)20-22-36(29,30)4/h6-15,18,25,29,32-33H,16-17,19-24H2,1-5H3/t25-,29-,32+,33+,36-,37-/m1/s1. The van der Waals surface area contributed by atoms with E-state index in [4.69, 9.17) is 4.74 Å². The molecule has 0 heterocycles. The van der Waals surface area contributed by atoms with E-state index >= 15 is 0 Å². The lowest BCUT2D eigenvalue weighted by Crippen LogP contribution is -2.54. The molecule has 0 bridgehead atoms. The number of hydrogen-bond donors (Lipinski definition) is 0. The molecule has 42 heavy (non-hydrogen) atoms. The lowest BCUT2D eigenvalue weighted by Gasteiger charge is -2.59. The Hall–Kier alpha value is -2.66. The average molecular weight is 587 g/mol. The van der Waals surface area contributed by atoms with Crippen LogP contribution >= 0.6 is 0 Å². The van der Waals surface area contributed by atoms with Crippen molar-refractivity contribution < 1.29 is 17.9 Å². The van der Waals surface area contributed by atoms with Crippen molar-refractivity contribution in [3.63, 3.8) is 0 Å². The minimum atomic E-state index is -3.33. The topological polar surface area (TPSA) is 60.4 Å². The smallest absolute Gasteiger partial charge is 0.338 e. The van der Waals surface area contributed by atoms with Gasteiger partial charge in [0.2, 0.25) is 0 Å². The van der Waals surface area contributed by atoms with E-state index in [1.165, 1.54) is 5.57 Å². The maximum Gasteiger partial charge on any atom is 0.338 e. The zero-order valence-electron chi connectivity index (χ0n) is 25.9. The van der Waals surface area contributed by atoms with Gasteiger partial charge in [0, 0.05) is 5.41 Å². The minimum absolute atomic E-state index is 0.0194. The second kappa shape index (κ2) is 10.5. The lowest BCUT2D eigenvalue weighted by atomic mass is 9.46. The molecule has 6 atom stereocenters. The van der Waals surface area contributed by atoms with Crippen LogP contribution in [0.3, 0.4) is 0 Å². The molecule has 1 saturated carbocycles. The van der Waals surface area contributed by atoms with Gasteiger partial charge in [0.25, 0.3) is 0 Å². The van der Waals surface area contributed by atoms with Crippen molar-refractivity contribution in [2.24, 2.45) is 34.0 Å². The third kappa shape index (κ3) is 4.71. The van der Waals surface area contributed by atoms with E-state index in [9.17, 15) is 13.2 Å². The van der Waals surface area contributed by atoms with Crippen LogP contribution in [0.15, 0.2) is 88.4 Å². The van der Waals surface area contributed by atoms with Crippen LogP contribution in [0.25, 0.3) is 0 Å². The average Bonchev–Trinajstić information content (AvgIpc) is 3.33. The number of sulfone groups is 1. The molecule has 0 amide bonds. The van der Waals surface area contributed by atoms with Crippen LogP contribution in [-0.4, -0.2) is 26.2 Å². The number of hydrogen-bond acceptors (Lipinski definition) is 4. The first-order valence-corrected chi connectivity index (χ1v) is 17.5. The van der Waals surface area contributed by atoms with Gasteiger partial charge in [-0.25, -0.2) is 13.2 Å². The van der Waals surface area contributed by atoms with E-state index in [1.807, 2.05) is 48.5 Å². The van der Waals surface area contributed by atoms with Gasteiger partial charge in [-0.05, 0) is 109 Å². The van der Waals surface area contributed by atoms with Crippen molar-refractivity contribution in [3.8, 4) is 0 Å². The summed E-state index contributed by atoms with van der Waals surface area (Å²) in [6.07, 6.45) is 9.55. The Labute approximate surface area is 252 Å². The second-order valence-corrected chi connectivity index (χ2v) is 16.6. The summed E-state index contributed by atoms with van der Waals surface area (Å²) < 4.78 is 32.7. The molecule has 0 saturated heterocycles. The molecule has 0 aromatic heterocycles. The largest absolute Gasteiger partial charge is 0.458 e. The van der Waals surface area contributed by atoms with E-state index in [1.54, 1.807) is 23.3 Å². The van der Waals surface area contributed by atoms with Gasteiger partial charge in [-0.15, -0.1) is 0 Å². The first-order valence-electron chi connectivity index (χ1n) is 15.9. The minimum Gasteiger partial charge on any atom is -0.458 e. The molecular weight excluding hydrogens is 540 g/mol. The number of ether oxygens (including phenoxy) is 1. The molecule has 0 spiro atoms. The fourth-order valence-corrected chi connectivity index (χ4v) is 11.4. The van der Waals surface area contributed by atoms with Gasteiger partial charge in [0.15, 0.2) is 9.84 Å². The summed E-state index contributed by atoms with van der Waals surface area (Å²) in [7, 11) is -3.33. The molecule has 2 aromatic rings. The maximum atomic E-state index is 13.3. The van der Waals surface area contributed by atoms with Crippen LogP contribution in [0.4, 0.5) is 0 Å². The van der Waals surface area contributed by atoms with E-state index in [2.05, 4.69) is 40.7 Å². The molecular formula is C37H46O4S. The first kappa shape index (κ1) is 29.4. The van der Waals surface area contributed by atoms with E-state index in [-0.39, 0.29) is 40.0 Å². The first-order chi connectivity index (χ1) is 19.9. The van der Waals surface area contributed by atoms with Gasteiger partial charge < -0.3 is 4.74 Å². The number of esters is 1. The van der Waals surface area contributed by atoms with Crippen LogP contribution in [0, 0.1) is 34.0 Å². The van der Waals surface area contributed by atoms with Crippen LogP contribution < -0.4 is 0 Å². The predicted molar refractivity (Wildman–Crippen MR) is 168 cm³/mol. The third-order valence-corrected chi connectivity index (χ3v) is 13.9. The Morgan fingerprint density at radius 1 is 0.905 bits per heavy atom. The van der Waals surface area contributed by atoms with Crippen LogP contribution in [-0.2, 0) is 14.6 Å². The number of rotatable bonds is 6. The molecule has 224 valence electrons. The van der Waals surface area contributed by atoms with Crippen molar-refractivity contribution in [2.45, 2.75) is 90.6 Å². The van der Waals surface area contributed by atoms with Crippen LogP contribution in [0.5, 0.6) is 0 Å². The molecule has 0 aliphatic heterocycles. The Bertz CT molecular complexity index is 1520. The van der Waals surface area contributed by atoms with Crippen molar-refractivity contribution >= 4 is 15.8 Å². The number of carbonyl (C=O) groups is 1. The quantitative estimate of drug-likeness (QED) is 0.318. The molecule has 0 radical (unpaired) electrons. The summed E-state index contributed by atoms with van der Waals surface area (Å²) in [5, 5.41) is 0.